The van der Waals surface area contributed by atoms with Gasteiger partial charge in [-0.15, -0.1) is 0 Å². The van der Waals surface area contributed by atoms with Gasteiger partial charge in [-0.2, -0.15) is 0 Å². The Kier molecular flexibility index (Phi) is 7.19. The molecule has 1 saturated heterocycles. The fourth-order valence-corrected chi connectivity index (χ4v) is 3.65. The molecule has 0 bridgehead atoms. The number of likely N-dealkylation sites (N-methyl/N-ethyl adjacent to an activating group) is 1. The van der Waals surface area contributed by atoms with Gasteiger partial charge in [0.25, 0.3) is 0 Å². The first-order chi connectivity index (χ1) is 15.6. The molecule has 1 aromatic carbocycles. The van der Waals surface area contributed by atoms with Crippen LogP contribution < -0.4 is 19.4 Å². The van der Waals surface area contributed by atoms with Crippen molar-refractivity contribution in [3.05, 3.63) is 40.7 Å². The van der Waals surface area contributed by atoms with Crippen LogP contribution in [0.25, 0.3) is 0 Å². The monoisotopic (exact) mass is 458 g/mol. The summed E-state index contributed by atoms with van der Waals surface area (Å²) in [5, 5.41) is 12.0. The number of hydrogen-bond acceptors (Lipinski definition) is 10. The van der Waals surface area contributed by atoms with Gasteiger partial charge in [-0.3, -0.25) is 14.9 Å². The molecule has 11 heteroatoms. The van der Waals surface area contributed by atoms with E-state index in [0.717, 1.165) is 11.4 Å². The molecular formula is C22H30N6O5. The predicted molar refractivity (Wildman–Crippen MR) is 125 cm³/mol. The molecule has 0 unspecified atom stereocenters. The summed E-state index contributed by atoms with van der Waals surface area (Å²) in [5.74, 6) is 0.619. The van der Waals surface area contributed by atoms with Gasteiger partial charge in [-0.1, -0.05) is 0 Å². The van der Waals surface area contributed by atoms with E-state index in [-0.39, 0.29) is 23.9 Å². The van der Waals surface area contributed by atoms with Gasteiger partial charge in [0.05, 0.1) is 12.0 Å². The number of piperazine rings is 1. The lowest BCUT2D eigenvalue weighted by Gasteiger charge is -2.36. The summed E-state index contributed by atoms with van der Waals surface area (Å²) in [5.41, 5.74) is 0.191. The fourth-order valence-electron chi connectivity index (χ4n) is 3.65. The number of methoxy groups -OCH3 is 1. The minimum Gasteiger partial charge on any atom is -0.497 e. The average Bonchev–Trinajstić information content (AvgIpc) is 2.77. The molecule has 0 spiro atoms. The second kappa shape index (κ2) is 9.88. The molecule has 0 saturated carbocycles. The van der Waals surface area contributed by atoms with Crippen molar-refractivity contribution in [3.8, 4) is 5.75 Å². The molecule has 1 aliphatic rings. The number of carbonyl (C=O) groups excluding carboxylic acids is 1. The zero-order valence-electron chi connectivity index (χ0n) is 19.6. The zero-order valence-corrected chi connectivity index (χ0v) is 19.6. The van der Waals surface area contributed by atoms with E-state index in [2.05, 4.69) is 14.9 Å². The van der Waals surface area contributed by atoms with Crippen molar-refractivity contribution in [1.29, 1.82) is 0 Å². The van der Waals surface area contributed by atoms with Gasteiger partial charge in [0.1, 0.15) is 24.2 Å². The molecule has 1 aromatic heterocycles. The normalized spacial score (nSPS) is 14.1. The Morgan fingerprint density at radius 1 is 1.12 bits per heavy atom. The van der Waals surface area contributed by atoms with Crippen LogP contribution in [0.5, 0.6) is 5.75 Å². The van der Waals surface area contributed by atoms with E-state index in [1.165, 1.54) is 11.2 Å². The Morgan fingerprint density at radius 2 is 1.73 bits per heavy atom. The number of esters is 1. The number of carbonyl (C=O) groups is 1. The highest BCUT2D eigenvalue weighted by Gasteiger charge is 2.32. The Labute approximate surface area is 193 Å². The van der Waals surface area contributed by atoms with Crippen molar-refractivity contribution in [2.45, 2.75) is 26.4 Å². The third-order valence-corrected chi connectivity index (χ3v) is 5.13. The Hall–Kier alpha value is -3.63. The molecule has 3 rings (SSSR count). The van der Waals surface area contributed by atoms with Crippen molar-refractivity contribution in [1.82, 2.24) is 9.97 Å². The summed E-state index contributed by atoms with van der Waals surface area (Å²) in [6, 6.07) is 7.80. The highest BCUT2D eigenvalue weighted by molar-refractivity contribution is 5.79. The molecule has 178 valence electrons. The molecule has 0 radical (unpaired) electrons. The van der Waals surface area contributed by atoms with Crippen LogP contribution in [0.1, 0.15) is 20.8 Å². The highest BCUT2D eigenvalue weighted by Crippen LogP contribution is 2.34. The maximum absolute atomic E-state index is 12.2. The Bertz CT molecular complexity index is 984. The van der Waals surface area contributed by atoms with E-state index in [9.17, 15) is 14.9 Å². The van der Waals surface area contributed by atoms with Crippen LogP contribution in [-0.4, -0.2) is 73.3 Å². The van der Waals surface area contributed by atoms with E-state index in [1.54, 1.807) is 34.9 Å². The number of anilines is 3. The van der Waals surface area contributed by atoms with E-state index in [4.69, 9.17) is 9.47 Å². The molecule has 2 aromatic rings. The third kappa shape index (κ3) is 5.99. The lowest BCUT2D eigenvalue weighted by molar-refractivity contribution is -0.383. The van der Waals surface area contributed by atoms with Crippen LogP contribution in [0.2, 0.25) is 0 Å². The Morgan fingerprint density at radius 3 is 2.27 bits per heavy atom. The van der Waals surface area contributed by atoms with Crippen LogP contribution in [-0.2, 0) is 9.53 Å². The van der Waals surface area contributed by atoms with Gasteiger partial charge in [-0.25, -0.2) is 9.97 Å². The minimum atomic E-state index is -0.649. The van der Waals surface area contributed by atoms with Gasteiger partial charge < -0.3 is 24.2 Å². The van der Waals surface area contributed by atoms with E-state index >= 15 is 0 Å². The van der Waals surface area contributed by atoms with Crippen molar-refractivity contribution >= 4 is 29.0 Å². The summed E-state index contributed by atoms with van der Waals surface area (Å²) in [7, 11) is 3.20. The average molecular weight is 459 g/mol. The fraction of sp³-hybridized carbons (Fsp3) is 0.500. The minimum absolute atomic E-state index is 0.0773. The zero-order chi connectivity index (χ0) is 24.2. The molecule has 1 fully saturated rings. The van der Waals surface area contributed by atoms with Crippen LogP contribution in [0.3, 0.4) is 0 Å². The van der Waals surface area contributed by atoms with Gasteiger partial charge in [0.2, 0.25) is 11.6 Å². The number of rotatable bonds is 7. The van der Waals surface area contributed by atoms with Crippen molar-refractivity contribution in [2.75, 3.05) is 61.6 Å². The van der Waals surface area contributed by atoms with Crippen LogP contribution >= 0.6 is 0 Å². The highest BCUT2D eigenvalue weighted by atomic mass is 16.6. The molecule has 0 amide bonds. The summed E-state index contributed by atoms with van der Waals surface area (Å²) in [6.07, 6.45) is 1.29. The van der Waals surface area contributed by atoms with Crippen LogP contribution in [0.15, 0.2) is 30.6 Å². The van der Waals surface area contributed by atoms with Crippen LogP contribution in [0.4, 0.5) is 23.0 Å². The molecule has 33 heavy (non-hydrogen) atoms. The van der Waals surface area contributed by atoms with Crippen molar-refractivity contribution in [3.63, 3.8) is 0 Å². The molecule has 0 aliphatic carbocycles. The largest absolute Gasteiger partial charge is 0.497 e. The Balaban J connectivity index is 1.75. The molecular weight excluding hydrogens is 428 g/mol. The van der Waals surface area contributed by atoms with Crippen molar-refractivity contribution < 1.29 is 19.2 Å². The molecule has 11 nitrogen and oxygen atoms in total. The van der Waals surface area contributed by atoms with Gasteiger partial charge in [-0.05, 0) is 45.0 Å². The first-order valence-corrected chi connectivity index (χ1v) is 10.7. The smallest absolute Gasteiger partial charge is 0.353 e. The predicted octanol–water partition coefficient (Wildman–Crippen LogP) is 2.50. The van der Waals surface area contributed by atoms with Crippen molar-refractivity contribution in [2.24, 2.45) is 0 Å². The number of hydrogen-bond donors (Lipinski definition) is 0. The van der Waals surface area contributed by atoms with E-state index in [1.807, 2.05) is 29.2 Å². The number of benzene rings is 1. The van der Waals surface area contributed by atoms with E-state index in [0.29, 0.717) is 26.2 Å². The van der Waals surface area contributed by atoms with Gasteiger partial charge >= 0.3 is 11.7 Å². The van der Waals surface area contributed by atoms with Crippen LogP contribution in [0, 0.1) is 10.1 Å². The molecule has 0 atom stereocenters. The molecule has 1 aliphatic heterocycles. The van der Waals surface area contributed by atoms with E-state index < -0.39 is 16.5 Å². The summed E-state index contributed by atoms with van der Waals surface area (Å²) >= 11 is 0. The number of ether oxygens (including phenoxy) is 2. The van der Waals surface area contributed by atoms with Gasteiger partial charge in [0, 0.05) is 38.9 Å². The lowest BCUT2D eigenvalue weighted by Crippen LogP contribution is -2.47. The first-order valence-electron chi connectivity index (χ1n) is 10.7. The topological polar surface area (TPSA) is 114 Å². The quantitative estimate of drug-likeness (QED) is 0.348. The standard InChI is InChI=1S/C22H30N6O5/c1-22(2,3)33-18(29)14-25(4)20-19(28(30)31)21(24-15-23-20)27-12-10-26(11-13-27)16-6-8-17(32-5)9-7-16/h6-9,15H,10-14H2,1-5H3. The SMILES string of the molecule is COc1ccc(N2CCN(c3ncnc(N(C)CC(=O)OC(C)(C)C)c3[N+](=O)[O-])CC2)cc1. The van der Waals surface area contributed by atoms with Gasteiger partial charge in [0.15, 0.2) is 0 Å². The maximum Gasteiger partial charge on any atom is 0.353 e. The summed E-state index contributed by atoms with van der Waals surface area (Å²) in [4.78, 5) is 37.5. The molecule has 0 N–H and O–H groups in total. The second-order valence-corrected chi connectivity index (χ2v) is 8.74. The third-order valence-electron chi connectivity index (χ3n) is 5.13. The number of aromatic nitrogens is 2. The number of nitro groups is 1. The number of nitrogens with zero attached hydrogens (tertiary/aromatic N) is 6. The molecule has 2 heterocycles. The maximum atomic E-state index is 12.2. The first kappa shape index (κ1) is 24.0. The lowest BCUT2D eigenvalue weighted by atomic mass is 10.2. The second-order valence-electron chi connectivity index (χ2n) is 8.74. The summed E-state index contributed by atoms with van der Waals surface area (Å²) in [6.45, 7) is 7.59. The summed E-state index contributed by atoms with van der Waals surface area (Å²) < 4.78 is 10.5.